The minimum Gasteiger partial charge on any atom is -0.496 e. The van der Waals surface area contributed by atoms with Gasteiger partial charge in [-0.25, -0.2) is 17.9 Å². The number of hydrogen-bond acceptors (Lipinski definition) is 6. The minimum absolute atomic E-state index is 0.0267. The number of nitrogens with one attached hydrogen (secondary N) is 2. The van der Waals surface area contributed by atoms with Crippen LogP contribution >= 0.6 is 0 Å². The summed E-state index contributed by atoms with van der Waals surface area (Å²) in [6.45, 7) is -2.80. The van der Waals surface area contributed by atoms with E-state index in [-0.39, 0.29) is 33.5 Å². The summed E-state index contributed by atoms with van der Waals surface area (Å²) in [5.41, 5.74) is -0.389. The maximum atomic E-state index is 13.1. The Labute approximate surface area is 257 Å². The third-order valence-corrected chi connectivity index (χ3v) is 7.46. The number of carbonyl (C=O) groups excluding carboxylic acids is 2. The van der Waals surface area contributed by atoms with Crippen LogP contribution in [0.25, 0.3) is 10.9 Å². The van der Waals surface area contributed by atoms with Crippen molar-refractivity contribution in [3.05, 3.63) is 89.1 Å². The van der Waals surface area contributed by atoms with Crippen LogP contribution in [0.3, 0.4) is 0 Å². The molecule has 9 nitrogen and oxygen atoms in total. The largest absolute Gasteiger partial charge is 0.496 e. The first-order chi connectivity index (χ1) is 24.6. The summed E-state index contributed by atoms with van der Waals surface area (Å²) in [5, 5.41) is 2.52. The molecule has 1 aliphatic rings. The fourth-order valence-corrected chi connectivity index (χ4v) is 5.23. The number of carbonyl (C=O) groups is 2. The van der Waals surface area contributed by atoms with Crippen LogP contribution in [0.1, 0.15) is 70.4 Å². The Balaban J connectivity index is 1.43. The van der Waals surface area contributed by atoms with Crippen LogP contribution in [-0.2, 0) is 28.2 Å². The molecular weight excluding hydrogens is 542 g/mol. The summed E-state index contributed by atoms with van der Waals surface area (Å²) >= 11 is 0. The number of fused-ring (bicyclic) bond motifs is 1. The van der Waals surface area contributed by atoms with Crippen LogP contribution in [0.5, 0.6) is 5.75 Å². The van der Waals surface area contributed by atoms with Gasteiger partial charge in [0.15, 0.2) is 0 Å². The van der Waals surface area contributed by atoms with E-state index in [4.69, 9.17) is 27.3 Å². The lowest BCUT2D eigenvalue weighted by molar-refractivity contribution is 0.0980. The second-order valence-corrected chi connectivity index (χ2v) is 10.5. The Morgan fingerprint density at radius 3 is 2.63 bits per heavy atom. The smallest absolute Gasteiger partial charge is 0.411 e. The summed E-state index contributed by atoms with van der Waals surface area (Å²) in [6, 6.07) is 12.5. The van der Waals surface area contributed by atoms with E-state index in [1.54, 1.807) is 11.6 Å². The Kier molecular flexibility index (Phi) is 4.61. The highest BCUT2D eigenvalue weighted by molar-refractivity contribution is 7.90. The van der Waals surface area contributed by atoms with Crippen molar-refractivity contribution >= 4 is 38.6 Å². The third-order valence-electron chi connectivity index (χ3n) is 6.07. The quantitative estimate of drug-likeness (QED) is 0.273. The molecule has 1 fully saturated rings. The summed E-state index contributed by atoms with van der Waals surface area (Å²) < 4.78 is 145. The van der Waals surface area contributed by atoms with Gasteiger partial charge in [0.2, 0.25) is 0 Å². The third kappa shape index (κ3) is 6.22. The Morgan fingerprint density at radius 2 is 1.88 bits per heavy atom. The molecule has 0 atom stereocenters. The van der Waals surface area contributed by atoms with Gasteiger partial charge in [0, 0.05) is 59.6 Å². The highest BCUT2D eigenvalue weighted by Crippen LogP contribution is 2.30. The molecule has 2 N–H and O–H groups in total. The van der Waals surface area contributed by atoms with Crippen LogP contribution in [0.4, 0.5) is 10.5 Å². The first-order valence-electron chi connectivity index (χ1n) is 18.6. The monoisotopic (exact) mass is 588 g/mol. The summed E-state index contributed by atoms with van der Waals surface area (Å²) in [6.07, 6.45) is -18.1. The standard InChI is InChI=1S/C31H33N3O6S/c1-20-8-4-7-11-29(20)41(37,38)33-30(35)22-13-12-21(28(17-22)39-3)16-23-19-34(2)27-15-14-24(18-26(23)27)32-31(36)40-25-9-5-6-10-25/h4,7-8,11-15,17-19,25H,5-6,9-10,16H2,1-3H3,(H,32,36)(H,33,35)/i1D3,5D2,6D2,9D2,10D2,16D2. The maximum absolute atomic E-state index is 13.1. The molecule has 0 spiro atoms. The summed E-state index contributed by atoms with van der Waals surface area (Å²) in [5.74, 6) is -1.32. The van der Waals surface area contributed by atoms with E-state index >= 15 is 0 Å². The van der Waals surface area contributed by atoms with Crippen LogP contribution < -0.4 is 14.8 Å². The van der Waals surface area contributed by atoms with Crippen LogP contribution in [0.15, 0.2) is 71.8 Å². The van der Waals surface area contributed by atoms with Gasteiger partial charge in [0.1, 0.15) is 11.9 Å². The molecule has 41 heavy (non-hydrogen) atoms. The minimum atomic E-state index is -4.67. The number of ether oxygens (including phenoxy) is 2. The van der Waals surface area contributed by atoms with Gasteiger partial charge in [-0.3, -0.25) is 10.1 Å². The number of rotatable bonds is 8. The Hall–Kier alpha value is -4.31. The summed E-state index contributed by atoms with van der Waals surface area (Å²) in [4.78, 5) is 25.4. The van der Waals surface area contributed by atoms with Crippen LogP contribution in [-0.4, -0.2) is 38.2 Å². The normalized spacial score (nSPS) is 24.0. The zero-order valence-corrected chi connectivity index (χ0v) is 22.5. The van der Waals surface area contributed by atoms with E-state index in [0.717, 1.165) is 24.3 Å². The average Bonchev–Trinajstić information content (AvgIpc) is 3.44. The zero-order chi connectivity index (χ0) is 40.6. The Morgan fingerprint density at radius 1 is 1.10 bits per heavy atom. The molecule has 4 aromatic rings. The number of amides is 2. The highest BCUT2D eigenvalue weighted by atomic mass is 32.2. The predicted octanol–water partition coefficient (Wildman–Crippen LogP) is 5.70. The van der Waals surface area contributed by atoms with Crippen molar-refractivity contribution in [1.29, 1.82) is 0 Å². The molecule has 1 aromatic heterocycles. The zero-order valence-electron chi connectivity index (χ0n) is 34.7. The lowest BCUT2D eigenvalue weighted by atomic mass is 10.0. The number of aromatic nitrogens is 1. The van der Waals surface area contributed by atoms with Gasteiger partial charge in [-0.05, 0) is 85.4 Å². The first kappa shape index (κ1) is 16.2. The fourth-order valence-electron chi connectivity index (χ4n) is 4.14. The maximum Gasteiger partial charge on any atom is 0.411 e. The molecule has 0 bridgehead atoms. The van der Waals surface area contributed by atoms with Gasteiger partial charge >= 0.3 is 6.09 Å². The summed E-state index contributed by atoms with van der Waals surface area (Å²) in [7, 11) is -1.86. The SMILES string of the molecule is [2H]C([2H])([2H])c1ccccc1S(=O)(=O)NC(=O)c1ccc(C([2H])([2H])c2cn(C)c3ccc(NC(=O)OC4C([2H])([2H])C([2H])([2H])C([2H])([2H])C4([2H])[2H])cc23)c(OC)c1. The van der Waals surface area contributed by atoms with Crippen molar-refractivity contribution in [2.75, 3.05) is 12.4 Å². The van der Waals surface area contributed by atoms with E-state index < -0.39 is 77.3 Å². The van der Waals surface area contributed by atoms with E-state index in [0.29, 0.717) is 5.52 Å². The number of sulfonamides is 1. The second-order valence-electron chi connectivity index (χ2n) is 8.81. The van der Waals surface area contributed by atoms with Crippen molar-refractivity contribution < 1.29 is 45.3 Å². The molecule has 0 unspecified atom stereocenters. The molecule has 0 radical (unpaired) electrons. The van der Waals surface area contributed by atoms with Gasteiger partial charge in [-0.15, -0.1) is 0 Å². The second kappa shape index (κ2) is 11.7. The van der Waals surface area contributed by atoms with Crippen molar-refractivity contribution in [3.8, 4) is 5.75 Å². The molecule has 5 rings (SSSR count). The van der Waals surface area contributed by atoms with Gasteiger partial charge in [0.05, 0.1) is 12.0 Å². The van der Waals surface area contributed by atoms with Crippen molar-refractivity contribution in [1.82, 2.24) is 9.29 Å². The number of aryl methyl sites for hydroxylation is 2. The molecule has 2 amide bonds. The molecule has 3 aromatic carbocycles. The fraction of sp³-hybridized carbons (Fsp3) is 0.290. The number of benzene rings is 3. The topological polar surface area (TPSA) is 116 Å². The molecule has 0 saturated heterocycles. The van der Waals surface area contributed by atoms with Gasteiger partial charge in [-0.1, -0.05) is 24.3 Å². The van der Waals surface area contributed by atoms with Crippen molar-refractivity contribution in [3.63, 3.8) is 0 Å². The molecule has 1 heterocycles. The van der Waals surface area contributed by atoms with Crippen molar-refractivity contribution in [2.24, 2.45) is 7.05 Å². The van der Waals surface area contributed by atoms with Crippen molar-refractivity contribution in [2.45, 2.75) is 49.7 Å². The predicted molar refractivity (Wildman–Crippen MR) is 157 cm³/mol. The molecule has 10 heteroatoms. The van der Waals surface area contributed by atoms with Crippen LogP contribution in [0, 0.1) is 6.85 Å². The Bertz CT molecular complexity index is 2250. The van der Waals surface area contributed by atoms with E-state index in [2.05, 4.69) is 5.32 Å². The van der Waals surface area contributed by atoms with Gasteiger partial charge in [-0.2, -0.15) is 0 Å². The number of hydrogen-bond donors (Lipinski definition) is 2. The molecule has 1 saturated carbocycles. The van der Waals surface area contributed by atoms with Gasteiger partial charge < -0.3 is 14.0 Å². The number of nitrogens with zero attached hydrogens (tertiary/aromatic N) is 1. The lowest BCUT2D eigenvalue weighted by Gasteiger charge is -2.13. The van der Waals surface area contributed by atoms with Gasteiger partial charge in [0.25, 0.3) is 15.9 Å². The van der Waals surface area contributed by atoms with E-state index in [1.807, 2.05) is 4.72 Å². The van der Waals surface area contributed by atoms with Crippen LogP contribution in [0.2, 0.25) is 0 Å². The highest BCUT2D eigenvalue weighted by Gasteiger charge is 2.22. The molecule has 0 aliphatic heterocycles. The number of anilines is 1. The number of methoxy groups -OCH3 is 1. The first-order valence-corrected chi connectivity index (χ1v) is 13.5. The molecule has 1 aliphatic carbocycles. The molecular formula is C31H33N3O6S. The van der Waals surface area contributed by atoms with E-state index in [9.17, 15) is 18.0 Å². The average molecular weight is 589 g/mol. The molecule has 214 valence electrons. The lowest BCUT2D eigenvalue weighted by Crippen LogP contribution is -2.31. The van der Waals surface area contributed by atoms with E-state index in [1.165, 1.54) is 49.7 Å².